The number of benzene rings is 1. The Morgan fingerprint density at radius 2 is 1.75 bits per heavy atom. The highest BCUT2D eigenvalue weighted by Crippen LogP contribution is 2.25. The first kappa shape index (κ1) is 14.3. The van der Waals surface area contributed by atoms with Gasteiger partial charge in [-0.05, 0) is 37.5 Å². The van der Waals surface area contributed by atoms with E-state index in [0.717, 1.165) is 11.5 Å². The van der Waals surface area contributed by atoms with Gasteiger partial charge in [-0.1, -0.05) is 32.0 Å². The van der Waals surface area contributed by atoms with Crippen LogP contribution in [0.1, 0.15) is 39.2 Å². The van der Waals surface area contributed by atoms with Gasteiger partial charge in [-0.3, -0.25) is 0 Å². The van der Waals surface area contributed by atoms with Crippen LogP contribution in [0, 0.1) is 0 Å². The minimum Gasteiger partial charge on any atom is -0.368 e. The molecule has 0 spiro atoms. The predicted molar refractivity (Wildman–Crippen MR) is 84.6 cm³/mol. The highest BCUT2D eigenvalue weighted by atomic mass is 15.1. The van der Waals surface area contributed by atoms with Gasteiger partial charge in [0.1, 0.15) is 5.82 Å². The first-order chi connectivity index (χ1) is 9.56. The molecule has 0 aliphatic rings. The zero-order valence-corrected chi connectivity index (χ0v) is 12.5. The van der Waals surface area contributed by atoms with E-state index in [-0.39, 0.29) is 0 Å². The Kier molecular flexibility index (Phi) is 4.56. The molecule has 2 rings (SSSR count). The van der Waals surface area contributed by atoms with E-state index < -0.39 is 0 Å². The second-order valence-electron chi connectivity index (χ2n) is 5.43. The second kappa shape index (κ2) is 6.37. The first-order valence-electron chi connectivity index (χ1n) is 7.02. The second-order valence-corrected chi connectivity index (χ2v) is 5.43. The standard InChI is InChI=1S/C16H22N4/c1-11(2)13-7-5-6-8-14(13)19-16-17-10-9-15(20-16)18-12(3)4/h5-12H,1-4H3,(H2,17,18,19,20). The molecule has 0 aliphatic carbocycles. The maximum absolute atomic E-state index is 4.48. The quantitative estimate of drug-likeness (QED) is 0.856. The maximum atomic E-state index is 4.48. The third kappa shape index (κ3) is 3.70. The molecule has 0 amide bonds. The van der Waals surface area contributed by atoms with Crippen LogP contribution in [0.5, 0.6) is 0 Å². The van der Waals surface area contributed by atoms with Gasteiger partial charge in [-0.2, -0.15) is 4.98 Å². The van der Waals surface area contributed by atoms with E-state index in [2.05, 4.69) is 66.5 Å². The van der Waals surface area contributed by atoms with Crippen LogP contribution in [0.2, 0.25) is 0 Å². The van der Waals surface area contributed by atoms with Crippen molar-refractivity contribution in [1.29, 1.82) is 0 Å². The smallest absolute Gasteiger partial charge is 0.229 e. The number of aromatic nitrogens is 2. The Labute approximate surface area is 120 Å². The molecule has 2 aromatic rings. The number of rotatable bonds is 5. The average Bonchev–Trinajstić information content (AvgIpc) is 2.38. The molecule has 106 valence electrons. The summed E-state index contributed by atoms with van der Waals surface area (Å²) in [5.74, 6) is 1.90. The third-order valence-electron chi connectivity index (χ3n) is 2.92. The van der Waals surface area contributed by atoms with E-state index in [1.165, 1.54) is 5.56 Å². The third-order valence-corrected chi connectivity index (χ3v) is 2.92. The lowest BCUT2D eigenvalue weighted by atomic mass is 10.0. The summed E-state index contributed by atoms with van der Waals surface area (Å²) < 4.78 is 0. The van der Waals surface area contributed by atoms with Crippen molar-refractivity contribution in [1.82, 2.24) is 9.97 Å². The van der Waals surface area contributed by atoms with Crippen LogP contribution in [0.3, 0.4) is 0 Å². The molecule has 0 saturated heterocycles. The van der Waals surface area contributed by atoms with Gasteiger partial charge in [0.15, 0.2) is 0 Å². The van der Waals surface area contributed by atoms with Crippen LogP contribution >= 0.6 is 0 Å². The van der Waals surface area contributed by atoms with Gasteiger partial charge in [-0.15, -0.1) is 0 Å². The molecule has 20 heavy (non-hydrogen) atoms. The number of nitrogens with zero attached hydrogens (tertiary/aromatic N) is 2. The first-order valence-corrected chi connectivity index (χ1v) is 7.02. The van der Waals surface area contributed by atoms with Crippen molar-refractivity contribution in [3.8, 4) is 0 Å². The maximum Gasteiger partial charge on any atom is 0.229 e. The molecular weight excluding hydrogens is 248 g/mol. The van der Waals surface area contributed by atoms with E-state index in [4.69, 9.17) is 0 Å². The Morgan fingerprint density at radius 1 is 1.00 bits per heavy atom. The molecule has 1 aromatic heterocycles. The van der Waals surface area contributed by atoms with Gasteiger partial charge in [0.05, 0.1) is 0 Å². The van der Waals surface area contributed by atoms with Gasteiger partial charge in [0.25, 0.3) is 0 Å². The Hall–Kier alpha value is -2.10. The van der Waals surface area contributed by atoms with Crippen molar-refractivity contribution in [2.24, 2.45) is 0 Å². The minimum atomic E-state index is 0.348. The Bertz CT molecular complexity index is 564. The summed E-state index contributed by atoms with van der Waals surface area (Å²) in [5, 5.41) is 6.58. The average molecular weight is 270 g/mol. The van der Waals surface area contributed by atoms with E-state index in [9.17, 15) is 0 Å². The molecule has 0 unspecified atom stereocenters. The zero-order chi connectivity index (χ0) is 14.5. The molecule has 0 radical (unpaired) electrons. The van der Waals surface area contributed by atoms with Crippen LogP contribution in [-0.2, 0) is 0 Å². The fourth-order valence-corrected chi connectivity index (χ4v) is 2.03. The fourth-order valence-electron chi connectivity index (χ4n) is 2.03. The summed E-state index contributed by atoms with van der Waals surface area (Å²) >= 11 is 0. The van der Waals surface area contributed by atoms with E-state index >= 15 is 0 Å². The normalized spacial score (nSPS) is 10.9. The summed E-state index contributed by atoms with van der Waals surface area (Å²) in [4.78, 5) is 8.76. The fraction of sp³-hybridized carbons (Fsp3) is 0.375. The van der Waals surface area contributed by atoms with Crippen molar-refractivity contribution in [2.45, 2.75) is 39.7 Å². The van der Waals surface area contributed by atoms with Gasteiger partial charge in [0.2, 0.25) is 5.95 Å². The van der Waals surface area contributed by atoms with E-state index in [1.807, 2.05) is 12.1 Å². The van der Waals surface area contributed by atoms with Crippen molar-refractivity contribution in [2.75, 3.05) is 10.6 Å². The highest BCUT2D eigenvalue weighted by molar-refractivity contribution is 5.60. The zero-order valence-electron chi connectivity index (χ0n) is 12.5. The number of hydrogen-bond donors (Lipinski definition) is 2. The van der Waals surface area contributed by atoms with Crippen LogP contribution in [0.15, 0.2) is 36.5 Å². The lowest BCUT2D eigenvalue weighted by Gasteiger charge is -2.14. The highest BCUT2D eigenvalue weighted by Gasteiger charge is 2.07. The number of nitrogens with one attached hydrogen (secondary N) is 2. The van der Waals surface area contributed by atoms with Gasteiger partial charge >= 0.3 is 0 Å². The summed E-state index contributed by atoms with van der Waals surface area (Å²) in [7, 11) is 0. The number of anilines is 3. The summed E-state index contributed by atoms with van der Waals surface area (Å²) in [6.07, 6.45) is 1.76. The minimum absolute atomic E-state index is 0.348. The van der Waals surface area contributed by atoms with Crippen molar-refractivity contribution < 1.29 is 0 Å². The van der Waals surface area contributed by atoms with Crippen LogP contribution in [0.4, 0.5) is 17.5 Å². The summed E-state index contributed by atoms with van der Waals surface area (Å²) in [6.45, 7) is 8.53. The van der Waals surface area contributed by atoms with E-state index in [1.54, 1.807) is 6.20 Å². The summed E-state index contributed by atoms with van der Waals surface area (Å²) in [6, 6.07) is 10.5. The molecule has 0 bridgehead atoms. The molecule has 0 aliphatic heterocycles. The van der Waals surface area contributed by atoms with Gasteiger partial charge in [-0.25, -0.2) is 4.98 Å². The molecule has 0 fully saturated rings. The molecule has 4 nitrogen and oxygen atoms in total. The molecule has 4 heteroatoms. The van der Waals surface area contributed by atoms with Crippen molar-refractivity contribution in [3.63, 3.8) is 0 Å². The Morgan fingerprint density at radius 3 is 2.45 bits per heavy atom. The Balaban J connectivity index is 2.22. The number of hydrogen-bond acceptors (Lipinski definition) is 4. The van der Waals surface area contributed by atoms with Crippen molar-refractivity contribution in [3.05, 3.63) is 42.1 Å². The molecule has 0 atom stereocenters. The van der Waals surface area contributed by atoms with Crippen LogP contribution < -0.4 is 10.6 Å². The number of para-hydroxylation sites is 1. The molecule has 2 N–H and O–H groups in total. The summed E-state index contributed by atoms with van der Waals surface area (Å²) in [5.41, 5.74) is 2.32. The topological polar surface area (TPSA) is 49.8 Å². The molecule has 1 heterocycles. The monoisotopic (exact) mass is 270 g/mol. The van der Waals surface area contributed by atoms with Gasteiger partial charge < -0.3 is 10.6 Å². The SMILES string of the molecule is CC(C)Nc1ccnc(Nc2ccccc2C(C)C)n1. The molecule has 0 saturated carbocycles. The van der Waals surface area contributed by atoms with Gasteiger partial charge in [0, 0.05) is 17.9 Å². The predicted octanol–water partition coefficient (Wildman–Crippen LogP) is 4.16. The van der Waals surface area contributed by atoms with Crippen LogP contribution in [-0.4, -0.2) is 16.0 Å². The molecular formula is C16H22N4. The van der Waals surface area contributed by atoms with E-state index in [0.29, 0.717) is 17.9 Å². The lowest BCUT2D eigenvalue weighted by Crippen LogP contribution is -2.12. The van der Waals surface area contributed by atoms with Crippen LogP contribution in [0.25, 0.3) is 0 Å². The van der Waals surface area contributed by atoms with Crippen molar-refractivity contribution >= 4 is 17.5 Å². The largest absolute Gasteiger partial charge is 0.368 e. The lowest BCUT2D eigenvalue weighted by molar-refractivity contribution is 0.868. The molecule has 1 aromatic carbocycles.